The first-order valence-corrected chi connectivity index (χ1v) is 12.4. The summed E-state index contributed by atoms with van der Waals surface area (Å²) in [5, 5.41) is 23.6. The summed E-state index contributed by atoms with van der Waals surface area (Å²) >= 11 is 0. The van der Waals surface area contributed by atoms with Gasteiger partial charge in [-0.15, -0.1) is 0 Å². The molecule has 8 nitrogen and oxygen atoms in total. The molecule has 34 heavy (non-hydrogen) atoms. The van der Waals surface area contributed by atoms with Crippen LogP contribution in [-0.2, 0) is 22.0 Å². The Morgan fingerprint density at radius 1 is 1.21 bits per heavy atom. The standard InChI is InChI=1S/C25H27N3O5S/c1-25(16-34(32)33,24(30)27-31)10-11-28-14-20-12-18(6-9-23(20)26-28)3-2-17-4-7-19(8-5-17)22-13-21(22)15-29/h4-9,12,14,21-22,29,31,34H,10-11,13,15-16H2,1H3,(H,27,30)/t21-,22-,25+/m1/s1. The van der Waals surface area contributed by atoms with Crippen molar-refractivity contribution in [3.63, 3.8) is 0 Å². The summed E-state index contributed by atoms with van der Waals surface area (Å²) in [6.07, 6.45) is 3.07. The van der Waals surface area contributed by atoms with Crippen LogP contribution in [0.2, 0.25) is 0 Å². The lowest BCUT2D eigenvalue weighted by Crippen LogP contribution is -2.41. The van der Waals surface area contributed by atoms with E-state index in [1.807, 2.05) is 36.5 Å². The second-order valence-electron chi connectivity index (χ2n) is 9.07. The second kappa shape index (κ2) is 9.97. The van der Waals surface area contributed by atoms with E-state index in [1.165, 1.54) is 12.5 Å². The zero-order valence-corrected chi connectivity index (χ0v) is 19.7. The third-order valence-corrected chi connectivity index (χ3v) is 7.38. The van der Waals surface area contributed by atoms with Crippen LogP contribution in [0.5, 0.6) is 0 Å². The Kier molecular flexibility index (Phi) is 7.03. The summed E-state index contributed by atoms with van der Waals surface area (Å²) in [5.74, 6) is 6.10. The fraction of sp³-hybridized carbons (Fsp3) is 0.360. The molecular weight excluding hydrogens is 454 g/mol. The minimum atomic E-state index is -2.79. The molecular formula is C25H27N3O5S. The van der Waals surface area contributed by atoms with Gasteiger partial charge in [-0.1, -0.05) is 24.0 Å². The number of thiol groups is 1. The number of aliphatic hydroxyl groups excluding tert-OH is 1. The summed E-state index contributed by atoms with van der Waals surface area (Å²) in [6, 6.07) is 13.8. The number of benzene rings is 2. The van der Waals surface area contributed by atoms with Crippen LogP contribution < -0.4 is 5.48 Å². The third-order valence-electron chi connectivity index (χ3n) is 6.42. The molecule has 0 unspecified atom stereocenters. The van der Waals surface area contributed by atoms with Gasteiger partial charge in [0, 0.05) is 35.9 Å². The molecule has 9 heteroatoms. The maximum Gasteiger partial charge on any atom is 0.250 e. The van der Waals surface area contributed by atoms with Crippen molar-refractivity contribution in [1.29, 1.82) is 0 Å². The van der Waals surface area contributed by atoms with Gasteiger partial charge in [0.1, 0.15) is 10.7 Å². The average Bonchev–Trinajstić information content (AvgIpc) is 3.51. The van der Waals surface area contributed by atoms with Gasteiger partial charge in [0.05, 0.1) is 16.7 Å². The number of aryl methyl sites for hydroxylation is 1. The first-order valence-electron chi connectivity index (χ1n) is 11.1. The zero-order valence-electron chi connectivity index (χ0n) is 18.8. The highest BCUT2D eigenvalue weighted by Gasteiger charge is 2.37. The highest BCUT2D eigenvalue weighted by molar-refractivity contribution is 7.72. The normalized spacial score (nSPS) is 18.8. The summed E-state index contributed by atoms with van der Waals surface area (Å²) in [5.41, 5.74) is 4.07. The number of nitrogens with zero attached hydrogens (tertiary/aromatic N) is 2. The predicted molar refractivity (Wildman–Crippen MR) is 128 cm³/mol. The highest BCUT2D eigenvalue weighted by Crippen LogP contribution is 2.46. The van der Waals surface area contributed by atoms with Crippen molar-refractivity contribution in [2.24, 2.45) is 11.3 Å². The molecule has 1 aliphatic carbocycles. The molecule has 0 aliphatic heterocycles. The minimum Gasteiger partial charge on any atom is -0.396 e. The number of rotatable bonds is 8. The Balaban J connectivity index is 1.45. The number of carbonyl (C=O) groups is 1. The Morgan fingerprint density at radius 3 is 2.56 bits per heavy atom. The van der Waals surface area contributed by atoms with Crippen molar-refractivity contribution in [3.8, 4) is 11.8 Å². The number of hydrogen-bond donors (Lipinski definition) is 4. The number of aromatic nitrogens is 2. The van der Waals surface area contributed by atoms with Crippen molar-refractivity contribution >= 4 is 27.5 Å². The van der Waals surface area contributed by atoms with E-state index in [9.17, 15) is 18.3 Å². The van der Waals surface area contributed by atoms with E-state index in [0.29, 0.717) is 18.4 Å². The van der Waals surface area contributed by atoms with Crippen molar-refractivity contribution in [1.82, 2.24) is 15.3 Å². The van der Waals surface area contributed by atoms with Gasteiger partial charge in [0.25, 0.3) is 0 Å². The molecule has 0 bridgehead atoms. The third kappa shape index (κ3) is 5.47. The van der Waals surface area contributed by atoms with Crippen molar-refractivity contribution in [3.05, 3.63) is 65.4 Å². The van der Waals surface area contributed by atoms with E-state index < -0.39 is 22.0 Å². The summed E-state index contributed by atoms with van der Waals surface area (Å²) < 4.78 is 24.1. The number of carbonyl (C=O) groups excluding carboxylic acids is 1. The molecule has 2 aromatic carbocycles. The maximum absolute atomic E-state index is 12.0. The number of amides is 1. The first-order chi connectivity index (χ1) is 16.3. The summed E-state index contributed by atoms with van der Waals surface area (Å²) in [6.45, 7) is 2.06. The first kappa shape index (κ1) is 24.0. The predicted octanol–water partition coefficient (Wildman–Crippen LogP) is 2.05. The van der Waals surface area contributed by atoms with E-state index >= 15 is 0 Å². The van der Waals surface area contributed by atoms with Gasteiger partial charge < -0.3 is 5.11 Å². The van der Waals surface area contributed by atoms with Crippen LogP contribution >= 0.6 is 0 Å². The molecule has 1 fully saturated rings. The van der Waals surface area contributed by atoms with Gasteiger partial charge in [-0.25, -0.2) is 13.9 Å². The summed E-state index contributed by atoms with van der Waals surface area (Å²) in [4.78, 5) is 12.0. The Bertz CT molecular complexity index is 1330. The van der Waals surface area contributed by atoms with Gasteiger partial charge in [-0.3, -0.25) is 14.7 Å². The monoisotopic (exact) mass is 481 g/mol. The lowest BCUT2D eigenvalue weighted by Gasteiger charge is -2.24. The van der Waals surface area contributed by atoms with Crippen LogP contribution in [0.1, 0.15) is 42.4 Å². The Labute approximate surface area is 199 Å². The number of fused-ring (bicyclic) bond motifs is 1. The van der Waals surface area contributed by atoms with Crippen molar-refractivity contribution in [2.75, 3.05) is 12.4 Å². The minimum absolute atomic E-state index is 0.194. The number of hydroxylamine groups is 1. The van der Waals surface area contributed by atoms with E-state index in [4.69, 9.17) is 5.21 Å². The van der Waals surface area contributed by atoms with Gasteiger partial charge >= 0.3 is 0 Å². The lowest BCUT2D eigenvalue weighted by molar-refractivity contribution is -0.138. The molecule has 3 N–H and O–H groups in total. The van der Waals surface area contributed by atoms with Crippen molar-refractivity contribution < 1.29 is 23.5 Å². The van der Waals surface area contributed by atoms with Crippen LogP contribution in [0.3, 0.4) is 0 Å². The quantitative estimate of drug-likeness (QED) is 0.169. The maximum atomic E-state index is 12.0. The smallest absolute Gasteiger partial charge is 0.250 e. The van der Waals surface area contributed by atoms with Crippen LogP contribution in [0.25, 0.3) is 10.9 Å². The molecule has 1 amide bonds. The molecule has 1 aromatic heterocycles. The van der Waals surface area contributed by atoms with Crippen LogP contribution in [0.15, 0.2) is 48.7 Å². The number of hydrogen-bond acceptors (Lipinski definition) is 6. The van der Waals surface area contributed by atoms with Crippen LogP contribution in [0.4, 0.5) is 0 Å². The molecule has 1 heterocycles. The Morgan fingerprint density at radius 2 is 1.91 bits per heavy atom. The molecule has 0 spiro atoms. The number of nitrogens with one attached hydrogen (secondary N) is 1. The van der Waals surface area contributed by atoms with E-state index in [1.54, 1.807) is 10.2 Å². The van der Waals surface area contributed by atoms with Crippen molar-refractivity contribution in [2.45, 2.75) is 32.2 Å². The van der Waals surface area contributed by atoms with E-state index in [-0.39, 0.29) is 18.8 Å². The zero-order chi connectivity index (χ0) is 24.3. The topological polar surface area (TPSA) is 122 Å². The Hall–Kier alpha value is -3.19. The fourth-order valence-electron chi connectivity index (χ4n) is 4.13. The van der Waals surface area contributed by atoms with Gasteiger partial charge in [-0.05, 0) is 67.5 Å². The molecule has 0 radical (unpaired) electrons. The van der Waals surface area contributed by atoms with Gasteiger partial charge in [-0.2, -0.15) is 5.10 Å². The van der Waals surface area contributed by atoms with Crippen LogP contribution in [0, 0.1) is 23.2 Å². The molecule has 178 valence electrons. The lowest BCUT2D eigenvalue weighted by atomic mass is 9.88. The molecule has 3 aromatic rings. The highest BCUT2D eigenvalue weighted by atomic mass is 32.2. The van der Waals surface area contributed by atoms with Crippen LogP contribution in [-0.4, -0.2) is 46.8 Å². The largest absolute Gasteiger partial charge is 0.396 e. The molecule has 0 saturated heterocycles. The van der Waals surface area contributed by atoms with Gasteiger partial charge in [0.15, 0.2) is 0 Å². The van der Waals surface area contributed by atoms with E-state index in [2.05, 4.69) is 29.1 Å². The molecule has 1 aliphatic rings. The molecule has 1 saturated carbocycles. The number of aliphatic hydroxyl groups is 1. The second-order valence-corrected chi connectivity index (χ2v) is 10.0. The fourth-order valence-corrected chi connectivity index (χ4v) is 5.00. The van der Waals surface area contributed by atoms with E-state index in [0.717, 1.165) is 28.5 Å². The SMILES string of the molecule is C[C@](CCn1cc2cc(C#Cc3ccc([C@H]4C[C@@H]4CO)cc3)ccc2n1)(C[SH](=O)=O)C(=O)NO. The summed E-state index contributed by atoms with van der Waals surface area (Å²) in [7, 11) is -2.79. The molecule has 4 rings (SSSR count). The molecule has 3 atom stereocenters. The average molecular weight is 482 g/mol. The van der Waals surface area contributed by atoms with Gasteiger partial charge in [0.2, 0.25) is 5.91 Å².